The van der Waals surface area contributed by atoms with Crippen molar-refractivity contribution in [2.24, 2.45) is 0 Å². The highest BCUT2D eigenvalue weighted by molar-refractivity contribution is 6.08. The molecule has 0 unspecified atom stereocenters. The standard InChI is InChI=1S/C12H8N2O/c1-2-12(15)10-8-13-14(9-10)11-6-4-3-5-7-11/h1,3-9H. The molecule has 15 heavy (non-hydrogen) atoms. The van der Waals surface area contributed by atoms with Crippen LogP contribution in [0.1, 0.15) is 10.4 Å². The molecule has 1 heterocycles. The van der Waals surface area contributed by atoms with Crippen molar-refractivity contribution < 1.29 is 4.79 Å². The molecule has 1 aromatic carbocycles. The van der Waals surface area contributed by atoms with Crippen LogP contribution in [0.2, 0.25) is 0 Å². The summed E-state index contributed by atoms with van der Waals surface area (Å²) in [5, 5.41) is 4.06. The molecule has 0 saturated heterocycles. The fourth-order valence-electron chi connectivity index (χ4n) is 1.25. The molecule has 0 atom stereocenters. The molecule has 3 nitrogen and oxygen atoms in total. The molecule has 0 spiro atoms. The average molecular weight is 196 g/mol. The molecule has 0 saturated carbocycles. The van der Waals surface area contributed by atoms with E-state index in [1.54, 1.807) is 10.9 Å². The van der Waals surface area contributed by atoms with Gasteiger partial charge in [-0.25, -0.2) is 4.68 Å². The van der Waals surface area contributed by atoms with E-state index in [4.69, 9.17) is 6.42 Å². The van der Waals surface area contributed by atoms with E-state index in [0.717, 1.165) is 5.69 Å². The predicted octanol–water partition coefficient (Wildman–Crippen LogP) is 1.69. The van der Waals surface area contributed by atoms with Crippen molar-refractivity contribution in [2.75, 3.05) is 0 Å². The Morgan fingerprint density at radius 2 is 2.07 bits per heavy atom. The lowest BCUT2D eigenvalue weighted by Gasteiger charge is -1.98. The highest BCUT2D eigenvalue weighted by Crippen LogP contribution is 2.07. The van der Waals surface area contributed by atoms with Crippen molar-refractivity contribution in [3.8, 4) is 18.0 Å². The van der Waals surface area contributed by atoms with Crippen LogP contribution in [0, 0.1) is 12.3 Å². The van der Waals surface area contributed by atoms with E-state index in [1.165, 1.54) is 6.20 Å². The maximum atomic E-state index is 11.2. The molecule has 0 aliphatic rings. The normalized spacial score (nSPS) is 9.53. The van der Waals surface area contributed by atoms with Gasteiger partial charge in [0.15, 0.2) is 0 Å². The zero-order valence-corrected chi connectivity index (χ0v) is 7.92. The fourth-order valence-corrected chi connectivity index (χ4v) is 1.25. The minimum Gasteiger partial charge on any atom is -0.279 e. The molecule has 0 radical (unpaired) electrons. The minimum absolute atomic E-state index is 0.350. The summed E-state index contributed by atoms with van der Waals surface area (Å²) in [5.41, 5.74) is 1.33. The monoisotopic (exact) mass is 196 g/mol. The molecule has 3 heteroatoms. The van der Waals surface area contributed by atoms with Gasteiger partial charge in [-0.1, -0.05) is 18.2 Å². The molecule has 2 aromatic rings. The van der Waals surface area contributed by atoms with Crippen LogP contribution in [0.15, 0.2) is 42.7 Å². The van der Waals surface area contributed by atoms with Gasteiger partial charge in [0.05, 0.1) is 17.4 Å². The Morgan fingerprint density at radius 1 is 1.33 bits per heavy atom. The van der Waals surface area contributed by atoms with Crippen LogP contribution < -0.4 is 0 Å². The summed E-state index contributed by atoms with van der Waals surface area (Å²) in [4.78, 5) is 11.2. The van der Waals surface area contributed by atoms with Gasteiger partial charge in [0.1, 0.15) is 0 Å². The van der Waals surface area contributed by atoms with E-state index in [-0.39, 0.29) is 5.78 Å². The Hall–Kier alpha value is -2.34. The first-order valence-corrected chi connectivity index (χ1v) is 4.42. The molecule has 1 aromatic heterocycles. The Balaban J connectivity index is 2.37. The molecule has 0 aliphatic carbocycles. The third-order valence-electron chi connectivity index (χ3n) is 2.00. The molecule has 0 bridgehead atoms. The van der Waals surface area contributed by atoms with Crippen molar-refractivity contribution in [1.82, 2.24) is 9.78 Å². The van der Waals surface area contributed by atoms with Gasteiger partial charge in [-0.3, -0.25) is 4.79 Å². The number of para-hydroxylation sites is 1. The van der Waals surface area contributed by atoms with Gasteiger partial charge in [0.25, 0.3) is 0 Å². The first-order chi connectivity index (χ1) is 7.31. The van der Waals surface area contributed by atoms with Crippen LogP contribution in [0.3, 0.4) is 0 Å². The molecule has 0 aliphatic heterocycles. The van der Waals surface area contributed by atoms with Gasteiger partial charge in [-0.15, -0.1) is 6.42 Å². The van der Waals surface area contributed by atoms with Crippen LogP contribution in [0.4, 0.5) is 0 Å². The summed E-state index contributed by atoms with van der Waals surface area (Å²) in [6.45, 7) is 0. The lowest BCUT2D eigenvalue weighted by Crippen LogP contribution is -1.94. The number of nitrogens with zero attached hydrogens (tertiary/aromatic N) is 2. The highest BCUT2D eigenvalue weighted by atomic mass is 16.1. The summed E-state index contributed by atoms with van der Waals surface area (Å²) in [5.74, 6) is 1.70. The molecule has 0 amide bonds. The van der Waals surface area contributed by atoms with Crippen molar-refractivity contribution in [1.29, 1.82) is 0 Å². The fraction of sp³-hybridized carbons (Fsp3) is 0. The number of terminal acetylenes is 1. The lowest BCUT2D eigenvalue weighted by atomic mass is 10.2. The number of carbonyl (C=O) groups is 1. The molecular weight excluding hydrogens is 188 g/mol. The third-order valence-corrected chi connectivity index (χ3v) is 2.00. The molecule has 2 rings (SSSR count). The number of ketones is 1. The maximum absolute atomic E-state index is 11.2. The topological polar surface area (TPSA) is 34.9 Å². The summed E-state index contributed by atoms with van der Waals surface area (Å²) < 4.78 is 1.62. The Kier molecular flexibility index (Phi) is 2.34. The van der Waals surface area contributed by atoms with Gasteiger partial charge in [0, 0.05) is 6.20 Å². The van der Waals surface area contributed by atoms with Gasteiger partial charge in [-0.2, -0.15) is 5.10 Å². The molecule has 0 N–H and O–H groups in total. The first kappa shape index (κ1) is 9.22. The van der Waals surface area contributed by atoms with Gasteiger partial charge < -0.3 is 0 Å². The van der Waals surface area contributed by atoms with E-state index < -0.39 is 0 Å². The second kappa shape index (κ2) is 3.81. The number of aromatic nitrogens is 2. The van der Waals surface area contributed by atoms with E-state index in [2.05, 4.69) is 11.0 Å². The summed E-state index contributed by atoms with van der Waals surface area (Å²) in [7, 11) is 0. The Bertz CT molecular complexity index is 520. The minimum atomic E-state index is -0.350. The van der Waals surface area contributed by atoms with E-state index in [9.17, 15) is 4.79 Å². The summed E-state index contributed by atoms with van der Waals surface area (Å²) in [6, 6.07) is 9.52. The largest absolute Gasteiger partial charge is 0.279 e. The third kappa shape index (κ3) is 1.79. The number of hydrogen-bond acceptors (Lipinski definition) is 2. The van der Waals surface area contributed by atoms with Crippen molar-refractivity contribution in [2.45, 2.75) is 0 Å². The average Bonchev–Trinajstić information content (AvgIpc) is 2.78. The van der Waals surface area contributed by atoms with Crippen molar-refractivity contribution in [3.05, 3.63) is 48.3 Å². The van der Waals surface area contributed by atoms with Crippen LogP contribution in [-0.2, 0) is 0 Å². The zero-order valence-electron chi connectivity index (χ0n) is 7.92. The summed E-state index contributed by atoms with van der Waals surface area (Å²) >= 11 is 0. The van der Waals surface area contributed by atoms with E-state index in [0.29, 0.717) is 5.56 Å². The second-order valence-electron chi connectivity index (χ2n) is 2.98. The number of Topliss-reactive ketones (excluding diaryl/α,β-unsaturated/α-hetero) is 1. The van der Waals surface area contributed by atoms with Gasteiger partial charge in [0.2, 0.25) is 5.78 Å². The van der Waals surface area contributed by atoms with E-state index in [1.807, 2.05) is 30.3 Å². The van der Waals surface area contributed by atoms with Crippen LogP contribution in [0.25, 0.3) is 5.69 Å². The smallest absolute Gasteiger partial charge is 0.238 e. The maximum Gasteiger partial charge on any atom is 0.238 e. The summed E-state index contributed by atoms with van der Waals surface area (Å²) in [6.07, 6.45) is 8.11. The van der Waals surface area contributed by atoms with Crippen LogP contribution in [0.5, 0.6) is 0 Å². The molecular formula is C12H8N2O. The first-order valence-electron chi connectivity index (χ1n) is 4.42. The number of benzene rings is 1. The van der Waals surface area contributed by atoms with Crippen molar-refractivity contribution in [3.63, 3.8) is 0 Å². The van der Waals surface area contributed by atoms with E-state index >= 15 is 0 Å². The SMILES string of the molecule is C#CC(=O)c1cnn(-c2ccccc2)c1. The molecule has 72 valence electrons. The van der Waals surface area contributed by atoms with Crippen LogP contribution >= 0.6 is 0 Å². The quantitative estimate of drug-likeness (QED) is 0.416. The number of hydrogen-bond donors (Lipinski definition) is 0. The second-order valence-corrected chi connectivity index (χ2v) is 2.98. The Labute approximate surface area is 87.4 Å². The van der Waals surface area contributed by atoms with Crippen LogP contribution in [-0.4, -0.2) is 15.6 Å². The number of rotatable bonds is 2. The van der Waals surface area contributed by atoms with Gasteiger partial charge >= 0.3 is 0 Å². The zero-order chi connectivity index (χ0) is 10.7. The highest BCUT2D eigenvalue weighted by Gasteiger charge is 2.05. The predicted molar refractivity (Wildman–Crippen MR) is 56.7 cm³/mol. The van der Waals surface area contributed by atoms with Crippen molar-refractivity contribution >= 4 is 5.78 Å². The number of carbonyl (C=O) groups excluding carboxylic acids is 1. The lowest BCUT2D eigenvalue weighted by molar-refractivity contribution is 0.105. The molecule has 0 fully saturated rings. The van der Waals surface area contributed by atoms with Gasteiger partial charge in [-0.05, 0) is 18.1 Å². The Morgan fingerprint density at radius 3 is 2.73 bits per heavy atom.